The van der Waals surface area contributed by atoms with Crippen LogP contribution in [0, 0.1) is 13.8 Å². The topological polar surface area (TPSA) is 70.9 Å². The summed E-state index contributed by atoms with van der Waals surface area (Å²) in [4.78, 5) is 12.0. The molecule has 0 aromatic heterocycles. The molecule has 0 aliphatic heterocycles. The monoisotopic (exact) mass is 422 g/mol. The number of hydrogen-bond donors (Lipinski definition) is 2. The van der Waals surface area contributed by atoms with Crippen molar-refractivity contribution in [2.45, 2.75) is 20.3 Å². The molecule has 2 N–H and O–H groups in total. The number of para-hydroxylation sites is 1. The first-order chi connectivity index (χ1) is 14.4. The lowest BCUT2D eigenvalue weighted by molar-refractivity contribution is -0.123. The van der Waals surface area contributed by atoms with Gasteiger partial charge in [0, 0.05) is 10.6 Å². The van der Waals surface area contributed by atoms with Crippen LogP contribution in [0.4, 0.5) is 0 Å². The number of rotatable bonds is 7. The molecule has 3 aromatic carbocycles. The second-order valence-electron chi connectivity index (χ2n) is 6.96. The molecule has 0 spiro atoms. The van der Waals surface area contributed by atoms with Crippen LogP contribution in [0.3, 0.4) is 0 Å². The Bertz CT molecular complexity index is 1060. The molecule has 0 fully saturated rings. The quantitative estimate of drug-likeness (QED) is 0.425. The molecule has 0 aliphatic rings. The number of carbonyl (C=O) groups excluding carboxylic acids is 1. The summed E-state index contributed by atoms with van der Waals surface area (Å²) in [7, 11) is 0. The lowest BCUT2D eigenvalue weighted by atomic mass is 10.0. The molecule has 30 heavy (non-hydrogen) atoms. The van der Waals surface area contributed by atoms with Crippen molar-refractivity contribution in [3.8, 4) is 11.5 Å². The van der Waals surface area contributed by atoms with Crippen molar-refractivity contribution in [2.24, 2.45) is 5.10 Å². The highest BCUT2D eigenvalue weighted by Gasteiger charge is 2.07. The summed E-state index contributed by atoms with van der Waals surface area (Å²) in [6.45, 7) is 3.70. The average molecular weight is 423 g/mol. The molecule has 3 rings (SSSR count). The van der Waals surface area contributed by atoms with Gasteiger partial charge in [0.25, 0.3) is 5.91 Å². The molecule has 0 bridgehead atoms. The van der Waals surface area contributed by atoms with Gasteiger partial charge in [0.1, 0.15) is 11.5 Å². The molecular formula is C24H23ClN2O3. The van der Waals surface area contributed by atoms with E-state index in [2.05, 4.69) is 10.5 Å². The van der Waals surface area contributed by atoms with E-state index in [1.54, 1.807) is 6.07 Å². The summed E-state index contributed by atoms with van der Waals surface area (Å²) in [5.41, 5.74) is 6.80. The Balaban J connectivity index is 1.60. The van der Waals surface area contributed by atoms with Gasteiger partial charge in [-0.05, 0) is 60.7 Å². The second kappa shape index (κ2) is 9.94. The Labute approximate surface area is 181 Å². The third kappa shape index (κ3) is 5.61. The van der Waals surface area contributed by atoms with Crippen LogP contribution < -0.4 is 10.2 Å². The lowest BCUT2D eigenvalue weighted by Crippen LogP contribution is -2.25. The first kappa shape index (κ1) is 21.4. The summed E-state index contributed by atoms with van der Waals surface area (Å²) in [5.74, 6) is 0.379. The molecule has 0 saturated carbocycles. The van der Waals surface area contributed by atoms with E-state index < -0.39 is 0 Å². The number of ether oxygens (including phenoxy) is 1. The molecule has 154 valence electrons. The van der Waals surface area contributed by atoms with Gasteiger partial charge < -0.3 is 9.84 Å². The molecule has 0 atom stereocenters. The second-order valence-corrected chi connectivity index (χ2v) is 7.37. The van der Waals surface area contributed by atoms with E-state index in [1.807, 2.05) is 68.4 Å². The molecule has 0 unspecified atom stereocenters. The molecule has 0 saturated heterocycles. The smallest absolute Gasteiger partial charge is 0.277 e. The van der Waals surface area contributed by atoms with Crippen LogP contribution in [0.15, 0.2) is 65.8 Å². The number of nitrogens with zero attached hydrogens (tertiary/aromatic N) is 1. The fraction of sp³-hybridized carbons (Fsp3) is 0.167. The van der Waals surface area contributed by atoms with Crippen molar-refractivity contribution in [1.29, 1.82) is 0 Å². The van der Waals surface area contributed by atoms with Gasteiger partial charge in [-0.15, -0.1) is 0 Å². The molecule has 3 aromatic rings. The van der Waals surface area contributed by atoms with Gasteiger partial charge in [0.2, 0.25) is 0 Å². The maximum absolute atomic E-state index is 12.0. The number of hydrazone groups is 1. The van der Waals surface area contributed by atoms with E-state index in [-0.39, 0.29) is 18.3 Å². The van der Waals surface area contributed by atoms with Crippen molar-refractivity contribution >= 4 is 23.7 Å². The SMILES string of the molecule is Cc1cccc(C)c1OCC(=O)N/N=C\c1cc(Cc2ccccc2Cl)ccc1O. The zero-order valence-corrected chi connectivity index (χ0v) is 17.6. The molecular weight excluding hydrogens is 400 g/mol. The number of halogens is 1. The number of benzene rings is 3. The Morgan fingerprint density at radius 1 is 1.10 bits per heavy atom. The van der Waals surface area contributed by atoms with Gasteiger partial charge in [-0.2, -0.15) is 5.10 Å². The number of phenolic OH excluding ortho intramolecular Hbond substituents is 1. The van der Waals surface area contributed by atoms with Crippen LogP contribution in [-0.4, -0.2) is 23.8 Å². The van der Waals surface area contributed by atoms with Crippen molar-refractivity contribution < 1.29 is 14.6 Å². The number of aromatic hydroxyl groups is 1. The number of nitrogens with one attached hydrogen (secondary N) is 1. The van der Waals surface area contributed by atoms with Crippen molar-refractivity contribution in [3.63, 3.8) is 0 Å². The Morgan fingerprint density at radius 2 is 1.83 bits per heavy atom. The molecule has 1 amide bonds. The molecule has 6 heteroatoms. The summed E-state index contributed by atoms with van der Waals surface area (Å²) in [5, 5.41) is 14.7. The minimum absolute atomic E-state index is 0.0719. The lowest BCUT2D eigenvalue weighted by Gasteiger charge is -2.10. The summed E-state index contributed by atoms with van der Waals surface area (Å²) in [6, 6.07) is 18.6. The van der Waals surface area contributed by atoms with E-state index in [0.29, 0.717) is 22.8 Å². The van der Waals surface area contributed by atoms with Crippen molar-refractivity contribution in [2.75, 3.05) is 6.61 Å². The normalized spacial score (nSPS) is 10.9. The minimum Gasteiger partial charge on any atom is -0.507 e. The van der Waals surface area contributed by atoms with Gasteiger partial charge in [-0.25, -0.2) is 5.43 Å². The van der Waals surface area contributed by atoms with Crippen molar-refractivity contribution in [1.82, 2.24) is 5.43 Å². The van der Waals surface area contributed by atoms with E-state index in [1.165, 1.54) is 6.21 Å². The Morgan fingerprint density at radius 3 is 2.57 bits per heavy atom. The maximum atomic E-state index is 12.0. The molecule has 0 radical (unpaired) electrons. The fourth-order valence-electron chi connectivity index (χ4n) is 3.05. The van der Waals surface area contributed by atoms with Gasteiger partial charge >= 0.3 is 0 Å². The third-order valence-electron chi connectivity index (χ3n) is 4.59. The number of amides is 1. The number of hydrogen-bond acceptors (Lipinski definition) is 4. The molecule has 5 nitrogen and oxygen atoms in total. The van der Waals surface area contributed by atoms with Crippen LogP contribution in [0.25, 0.3) is 0 Å². The first-order valence-electron chi connectivity index (χ1n) is 9.50. The fourth-order valence-corrected chi connectivity index (χ4v) is 3.25. The van der Waals surface area contributed by atoms with E-state index in [9.17, 15) is 9.90 Å². The Kier molecular flexibility index (Phi) is 7.09. The van der Waals surface area contributed by atoms with Crippen molar-refractivity contribution in [3.05, 3.63) is 93.5 Å². The van der Waals surface area contributed by atoms with Crippen LogP contribution in [0.2, 0.25) is 5.02 Å². The van der Waals surface area contributed by atoms with Gasteiger partial charge in [0.15, 0.2) is 6.61 Å². The summed E-state index contributed by atoms with van der Waals surface area (Å²) >= 11 is 6.22. The summed E-state index contributed by atoms with van der Waals surface area (Å²) in [6.07, 6.45) is 2.03. The van der Waals surface area contributed by atoms with Crippen LogP contribution >= 0.6 is 11.6 Å². The number of carbonyl (C=O) groups is 1. The zero-order valence-electron chi connectivity index (χ0n) is 16.9. The Hall–Kier alpha value is -3.31. The van der Waals surface area contributed by atoms with Gasteiger partial charge in [-0.3, -0.25) is 4.79 Å². The third-order valence-corrected chi connectivity index (χ3v) is 4.96. The van der Waals surface area contributed by atoms with Gasteiger partial charge in [0.05, 0.1) is 6.21 Å². The largest absolute Gasteiger partial charge is 0.507 e. The number of aryl methyl sites for hydroxylation is 2. The van der Waals surface area contributed by atoms with Gasteiger partial charge in [-0.1, -0.05) is 54.1 Å². The zero-order chi connectivity index (χ0) is 21.5. The molecule has 0 heterocycles. The summed E-state index contributed by atoms with van der Waals surface area (Å²) < 4.78 is 5.60. The van der Waals surface area contributed by atoms with E-state index >= 15 is 0 Å². The van der Waals surface area contributed by atoms with Crippen LogP contribution in [0.5, 0.6) is 11.5 Å². The predicted molar refractivity (Wildman–Crippen MR) is 120 cm³/mol. The van der Waals surface area contributed by atoms with E-state index in [4.69, 9.17) is 16.3 Å². The maximum Gasteiger partial charge on any atom is 0.277 e. The van der Waals surface area contributed by atoms with Crippen LogP contribution in [-0.2, 0) is 11.2 Å². The van der Waals surface area contributed by atoms with E-state index in [0.717, 1.165) is 22.3 Å². The highest BCUT2D eigenvalue weighted by atomic mass is 35.5. The highest BCUT2D eigenvalue weighted by Crippen LogP contribution is 2.23. The molecule has 0 aliphatic carbocycles. The highest BCUT2D eigenvalue weighted by molar-refractivity contribution is 6.31. The standard InChI is InChI=1S/C24H23ClN2O3/c1-16-6-5-7-17(2)24(16)30-15-23(29)27-26-14-20-13-18(10-11-22(20)28)12-19-8-3-4-9-21(19)25/h3-11,13-14,28H,12,15H2,1-2H3,(H,27,29)/b26-14-. The van der Waals surface area contributed by atoms with Crippen LogP contribution in [0.1, 0.15) is 27.8 Å². The predicted octanol–water partition coefficient (Wildman–Crippen LogP) is 4.78. The first-order valence-corrected chi connectivity index (χ1v) is 9.88. The minimum atomic E-state index is -0.388. The average Bonchev–Trinajstić information content (AvgIpc) is 2.71. The number of phenols is 1.